The molecule has 1 saturated heterocycles. The maximum Gasteiger partial charge on any atom is 0.0551 e. The number of hydrogen-bond acceptors (Lipinski definition) is 2. The van der Waals surface area contributed by atoms with Crippen LogP contribution in [-0.4, -0.2) is 30.6 Å². The van der Waals surface area contributed by atoms with Crippen molar-refractivity contribution in [1.29, 1.82) is 0 Å². The molecular formula is C10H18N2. The normalized spacial score (nSPS) is 23.7. The molecule has 2 heteroatoms. The highest BCUT2D eigenvalue weighted by atomic mass is 15.2. The van der Waals surface area contributed by atoms with Crippen molar-refractivity contribution >= 4 is 0 Å². The summed E-state index contributed by atoms with van der Waals surface area (Å²) < 4.78 is 0. The predicted molar refractivity (Wildman–Crippen MR) is 51.7 cm³/mol. The summed E-state index contributed by atoms with van der Waals surface area (Å²) in [5, 5.41) is 0. The Labute approximate surface area is 75.1 Å². The highest BCUT2D eigenvalue weighted by Crippen LogP contribution is 2.18. The molecule has 0 spiro atoms. The van der Waals surface area contributed by atoms with E-state index >= 15 is 0 Å². The van der Waals surface area contributed by atoms with E-state index in [-0.39, 0.29) is 0 Å². The first-order chi connectivity index (χ1) is 5.88. The Kier molecular flexibility index (Phi) is 4.13. The number of rotatable bonds is 2. The molecular weight excluding hydrogens is 148 g/mol. The van der Waals surface area contributed by atoms with Crippen LogP contribution < -0.4 is 5.73 Å². The van der Waals surface area contributed by atoms with Crippen LogP contribution >= 0.6 is 0 Å². The van der Waals surface area contributed by atoms with Gasteiger partial charge in [-0.3, -0.25) is 4.90 Å². The number of likely N-dealkylation sites (tertiary alicyclic amines) is 1. The largest absolute Gasteiger partial charge is 0.320 e. The van der Waals surface area contributed by atoms with E-state index in [1.165, 1.54) is 19.4 Å². The van der Waals surface area contributed by atoms with Gasteiger partial charge in [0.15, 0.2) is 0 Å². The van der Waals surface area contributed by atoms with Crippen molar-refractivity contribution in [3.63, 3.8) is 0 Å². The molecule has 68 valence electrons. The van der Waals surface area contributed by atoms with Gasteiger partial charge in [-0.25, -0.2) is 0 Å². The average Bonchev–Trinajstić information content (AvgIpc) is 2.52. The summed E-state index contributed by atoms with van der Waals surface area (Å²) in [7, 11) is 0. The average molecular weight is 166 g/mol. The van der Waals surface area contributed by atoms with Gasteiger partial charge in [0.1, 0.15) is 0 Å². The van der Waals surface area contributed by atoms with Gasteiger partial charge in [0, 0.05) is 12.5 Å². The van der Waals surface area contributed by atoms with E-state index in [0.717, 1.165) is 13.0 Å². The summed E-state index contributed by atoms with van der Waals surface area (Å²) in [6.45, 7) is 5.13. The second-order valence-electron chi connectivity index (χ2n) is 3.19. The number of hydrogen-bond donors (Lipinski definition) is 1. The first-order valence-electron chi connectivity index (χ1n) is 4.78. The molecule has 1 aliphatic heterocycles. The molecule has 0 aromatic rings. The molecule has 12 heavy (non-hydrogen) atoms. The van der Waals surface area contributed by atoms with Gasteiger partial charge in [-0.2, -0.15) is 0 Å². The van der Waals surface area contributed by atoms with Crippen LogP contribution in [0.3, 0.4) is 0 Å². The summed E-state index contributed by atoms with van der Waals surface area (Å²) >= 11 is 0. The molecule has 0 aromatic heterocycles. The highest BCUT2D eigenvalue weighted by molar-refractivity contribution is 5.03. The zero-order valence-corrected chi connectivity index (χ0v) is 7.84. The Morgan fingerprint density at radius 2 is 2.33 bits per heavy atom. The van der Waals surface area contributed by atoms with E-state index < -0.39 is 0 Å². The molecule has 1 fully saturated rings. The Bertz CT molecular complexity index is 178. The quantitative estimate of drug-likeness (QED) is 0.615. The number of nitrogens with zero attached hydrogens (tertiary/aromatic N) is 1. The minimum atomic E-state index is 0.499. The van der Waals surface area contributed by atoms with Crippen LogP contribution in [0.4, 0.5) is 0 Å². The Morgan fingerprint density at radius 3 is 3.00 bits per heavy atom. The second kappa shape index (κ2) is 5.18. The summed E-state index contributed by atoms with van der Waals surface area (Å²) in [5.74, 6) is 6.05. The van der Waals surface area contributed by atoms with Crippen LogP contribution in [-0.2, 0) is 0 Å². The Balaban J connectivity index is 2.30. The van der Waals surface area contributed by atoms with Gasteiger partial charge in [0.05, 0.1) is 6.54 Å². The summed E-state index contributed by atoms with van der Waals surface area (Å²) in [5.41, 5.74) is 5.29. The molecule has 0 amide bonds. The van der Waals surface area contributed by atoms with E-state index in [4.69, 9.17) is 5.73 Å². The molecule has 1 atom stereocenters. The van der Waals surface area contributed by atoms with Crippen LogP contribution in [0.15, 0.2) is 0 Å². The molecule has 0 saturated carbocycles. The van der Waals surface area contributed by atoms with Gasteiger partial charge in [-0.1, -0.05) is 12.8 Å². The van der Waals surface area contributed by atoms with Crippen LogP contribution in [0.25, 0.3) is 0 Å². The first kappa shape index (κ1) is 9.57. The molecule has 0 radical (unpaired) electrons. The topological polar surface area (TPSA) is 29.3 Å². The number of nitrogens with two attached hydrogens (primary N) is 1. The smallest absolute Gasteiger partial charge is 0.0551 e. The molecule has 1 heterocycles. The monoisotopic (exact) mass is 166 g/mol. The van der Waals surface area contributed by atoms with E-state index in [0.29, 0.717) is 12.6 Å². The molecule has 1 unspecified atom stereocenters. The summed E-state index contributed by atoms with van der Waals surface area (Å²) in [6, 6.07) is 0.703. The van der Waals surface area contributed by atoms with E-state index in [9.17, 15) is 0 Å². The minimum Gasteiger partial charge on any atom is -0.320 e. The maximum absolute atomic E-state index is 5.29. The van der Waals surface area contributed by atoms with Crippen LogP contribution in [0, 0.1) is 11.8 Å². The third-order valence-electron chi connectivity index (χ3n) is 2.47. The van der Waals surface area contributed by atoms with E-state index in [1.54, 1.807) is 0 Å². The Hall–Kier alpha value is -0.520. The lowest BCUT2D eigenvalue weighted by Gasteiger charge is -2.20. The van der Waals surface area contributed by atoms with Crippen molar-refractivity contribution in [2.24, 2.45) is 5.73 Å². The van der Waals surface area contributed by atoms with Gasteiger partial charge in [-0.05, 0) is 25.9 Å². The standard InChI is InChI=1S/C10H18N2/c1-2-12-9-5-7-10(12)6-3-4-8-11/h10H,2,5-9,11H2,1H3. The molecule has 0 bridgehead atoms. The van der Waals surface area contributed by atoms with Crippen LogP contribution in [0.2, 0.25) is 0 Å². The third-order valence-corrected chi connectivity index (χ3v) is 2.47. The van der Waals surface area contributed by atoms with Gasteiger partial charge < -0.3 is 5.73 Å². The van der Waals surface area contributed by atoms with Gasteiger partial charge in [-0.15, -0.1) is 5.92 Å². The van der Waals surface area contributed by atoms with E-state index in [2.05, 4.69) is 23.7 Å². The van der Waals surface area contributed by atoms with Crippen molar-refractivity contribution in [3.8, 4) is 11.8 Å². The van der Waals surface area contributed by atoms with Crippen molar-refractivity contribution < 1.29 is 0 Å². The van der Waals surface area contributed by atoms with E-state index in [1.807, 2.05) is 0 Å². The first-order valence-corrected chi connectivity index (χ1v) is 4.78. The summed E-state index contributed by atoms with van der Waals surface area (Å²) in [6.07, 6.45) is 3.65. The van der Waals surface area contributed by atoms with Gasteiger partial charge >= 0.3 is 0 Å². The lowest BCUT2D eigenvalue weighted by atomic mass is 10.1. The molecule has 1 aliphatic rings. The Morgan fingerprint density at radius 1 is 1.50 bits per heavy atom. The van der Waals surface area contributed by atoms with Crippen molar-refractivity contribution in [2.75, 3.05) is 19.6 Å². The highest BCUT2D eigenvalue weighted by Gasteiger charge is 2.21. The van der Waals surface area contributed by atoms with Crippen LogP contribution in [0.1, 0.15) is 26.2 Å². The second-order valence-corrected chi connectivity index (χ2v) is 3.19. The minimum absolute atomic E-state index is 0.499. The molecule has 2 N–H and O–H groups in total. The zero-order valence-electron chi connectivity index (χ0n) is 7.84. The van der Waals surface area contributed by atoms with Crippen molar-refractivity contribution in [2.45, 2.75) is 32.2 Å². The van der Waals surface area contributed by atoms with Gasteiger partial charge in [0.25, 0.3) is 0 Å². The van der Waals surface area contributed by atoms with Crippen LogP contribution in [0.5, 0.6) is 0 Å². The maximum atomic E-state index is 5.29. The molecule has 0 aromatic carbocycles. The third kappa shape index (κ3) is 2.51. The predicted octanol–water partition coefficient (Wildman–Crippen LogP) is 0.823. The molecule has 0 aliphatic carbocycles. The fourth-order valence-corrected chi connectivity index (χ4v) is 1.80. The van der Waals surface area contributed by atoms with Gasteiger partial charge in [0.2, 0.25) is 0 Å². The lowest BCUT2D eigenvalue weighted by molar-refractivity contribution is 0.271. The van der Waals surface area contributed by atoms with Crippen molar-refractivity contribution in [3.05, 3.63) is 0 Å². The lowest BCUT2D eigenvalue weighted by Crippen LogP contribution is -2.28. The fourth-order valence-electron chi connectivity index (χ4n) is 1.80. The summed E-state index contributed by atoms with van der Waals surface area (Å²) in [4.78, 5) is 2.51. The zero-order chi connectivity index (χ0) is 8.81. The fraction of sp³-hybridized carbons (Fsp3) is 0.800. The molecule has 2 nitrogen and oxygen atoms in total. The van der Waals surface area contributed by atoms with Crippen molar-refractivity contribution in [1.82, 2.24) is 4.90 Å². The molecule has 1 rings (SSSR count). The SMILES string of the molecule is CCN1CCCC1CC#CCN.